The number of thiazole rings is 1. The average Bonchev–Trinajstić information content (AvgIpc) is 2.83. The molecule has 0 unspecified atom stereocenters. The first-order chi connectivity index (χ1) is 13.4. The summed E-state index contributed by atoms with van der Waals surface area (Å²) in [6.45, 7) is 12.9. The van der Waals surface area contributed by atoms with Crippen LogP contribution in [0.15, 0.2) is 5.16 Å². The zero-order chi connectivity index (χ0) is 23.5. The minimum atomic E-state index is -1.58. The van der Waals surface area contributed by atoms with Crippen LogP contribution in [0.1, 0.15) is 61.1 Å². The second kappa shape index (κ2) is 9.17. The van der Waals surface area contributed by atoms with Gasteiger partial charge in [-0.1, -0.05) is 28.1 Å². The third-order valence-corrected chi connectivity index (χ3v) is 4.05. The number of carboxylic acid groups (broad SMARTS) is 1. The number of ether oxygens (including phenoxy) is 2. The van der Waals surface area contributed by atoms with Gasteiger partial charge in [0.05, 0.1) is 0 Å². The van der Waals surface area contributed by atoms with E-state index in [-0.39, 0.29) is 15.2 Å². The Bertz CT molecular complexity index is 851. The molecule has 0 aliphatic carbocycles. The number of aliphatic carboxylic acids is 1. The van der Waals surface area contributed by atoms with Crippen LogP contribution in [-0.2, 0) is 23.9 Å². The van der Waals surface area contributed by atoms with Crippen molar-refractivity contribution in [1.82, 2.24) is 4.98 Å². The van der Waals surface area contributed by atoms with Crippen molar-refractivity contribution >= 4 is 51.8 Å². The molecule has 0 radical (unpaired) electrons. The third-order valence-electron chi connectivity index (χ3n) is 2.88. The highest BCUT2D eigenvalue weighted by Crippen LogP contribution is 2.29. The highest BCUT2D eigenvalue weighted by atomic mass is 35.5. The predicted octanol–water partition coefficient (Wildman–Crippen LogP) is 4.07. The maximum Gasteiger partial charge on any atom is 0.413 e. The third kappa shape index (κ3) is 8.15. The molecule has 0 fully saturated rings. The van der Waals surface area contributed by atoms with Crippen molar-refractivity contribution in [2.75, 3.05) is 5.32 Å². The molecule has 2 N–H and O–H groups in total. The maximum absolute atomic E-state index is 12.2. The SMILES string of the molecule is CC(C)(C)OC(=O)Nc1nc(/C(=N/OC(C)(C)C(=O)OC(C)(C)C)C(=O)O)c(Cl)s1. The number of hydrogen-bond donors (Lipinski definition) is 2. The number of aromatic nitrogens is 1. The largest absolute Gasteiger partial charge is 0.476 e. The number of rotatable bonds is 6. The van der Waals surface area contributed by atoms with Gasteiger partial charge in [-0.25, -0.2) is 19.4 Å². The number of amides is 1. The first-order valence-electron chi connectivity index (χ1n) is 8.81. The van der Waals surface area contributed by atoms with Crippen LogP contribution in [0.25, 0.3) is 0 Å². The lowest BCUT2D eigenvalue weighted by Crippen LogP contribution is -2.40. The molecule has 30 heavy (non-hydrogen) atoms. The van der Waals surface area contributed by atoms with Gasteiger partial charge in [-0.05, 0) is 55.4 Å². The van der Waals surface area contributed by atoms with E-state index in [1.54, 1.807) is 41.5 Å². The molecule has 1 aromatic rings. The molecule has 10 nitrogen and oxygen atoms in total. The maximum atomic E-state index is 12.2. The lowest BCUT2D eigenvalue weighted by molar-refractivity contribution is -0.179. The minimum absolute atomic E-state index is 0.00426. The van der Waals surface area contributed by atoms with E-state index in [9.17, 15) is 19.5 Å². The van der Waals surface area contributed by atoms with Gasteiger partial charge in [0.25, 0.3) is 0 Å². The van der Waals surface area contributed by atoms with E-state index in [0.717, 1.165) is 11.3 Å². The van der Waals surface area contributed by atoms with Crippen molar-refractivity contribution < 1.29 is 33.8 Å². The summed E-state index contributed by atoms with van der Waals surface area (Å²) in [5.41, 5.74) is -3.96. The molecule has 168 valence electrons. The highest BCUT2D eigenvalue weighted by Gasteiger charge is 2.36. The molecule has 0 saturated carbocycles. The molecule has 1 aromatic heterocycles. The number of esters is 1. The monoisotopic (exact) mass is 463 g/mol. The van der Waals surface area contributed by atoms with Crippen LogP contribution in [0.5, 0.6) is 0 Å². The molecule has 12 heteroatoms. The van der Waals surface area contributed by atoms with Crippen LogP contribution < -0.4 is 5.32 Å². The Labute approximate surface area is 183 Å². The molecule has 0 bridgehead atoms. The van der Waals surface area contributed by atoms with Crippen molar-refractivity contribution in [3.63, 3.8) is 0 Å². The van der Waals surface area contributed by atoms with E-state index < -0.39 is 40.5 Å². The quantitative estimate of drug-likeness (QED) is 0.366. The standard InChI is InChI=1S/C18H26ClN3O7S/c1-16(2,3)27-13(25)18(7,8)29-22-10(12(23)24)9-11(19)30-14(20-9)21-15(26)28-17(4,5)6/h1-8H3,(H,23,24)(H,20,21,26)/b22-10-. The van der Waals surface area contributed by atoms with Crippen LogP contribution in [0.2, 0.25) is 4.34 Å². The van der Waals surface area contributed by atoms with E-state index in [2.05, 4.69) is 15.5 Å². The number of hydrogen-bond acceptors (Lipinski definition) is 9. The second-order valence-corrected chi connectivity index (χ2v) is 10.2. The number of carbonyl (C=O) groups is 3. The van der Waals surface area contributed by atoms with E-state index in [1.807, 2.05) is 0 Å². The van der Waals surface area contributed by atoms with Gasteiger partial charge in [-0.3, -0.25) is 5.32 Å². The first kappa shape index (κ1) is 25.6. The fourth-order valence-corrected chi connectivity index (χ4v) is 2.70. The van der Waals surface area contributed by atoms with Crippen molar-refractivity contribution in [3.8, 4) is 0 Å². The number of carboxylic acids is 1. The summed E-state index contributed by atoms with van der Waals surface area (Å²) in [5, 5.41) is 15.4. The van der Waals surface area contributed by atoms with Crippen molar-refractivity contribution in [3.05, 3.63) is 10.0 Å². The van der Waals surface area contributed by atoms with Crippen LogP contribution >= 0.6 is 22.9 Å². The lowest BCUT2D eigenvalue weighted by Gasteiger charge is -2.26. The summed E-state index contributed by atoms with van der Waals surface area (Å²) < 4.78 is 10.3. The van der Waals surface area contributed by atoms with E-state index in [4.69, 9.17) is 25.9 Å². The summed E-state index contributed by atoms with van der Waals surface area (Å²) in [7, 11) is 0. The molecule has 0 aromatic carbocycles. The van der Waals surface area contributed by atoms with Gasteiger partial charge in [0.2, 0.25) is 11.3 Å². The highest BCUT2D eigenvalue weighted by molar-refractivity contribution is 7.20. The summed E-state index contributed by atoms with van der Waals surface area (Å²) in [6, 6.07) is 0. The Balaban J connectivity index is 3.08. The molecule has 1 amide bonds. The number of nitrogens with zero attached hydrogens (tertiary/aromatic N) is 2. The molecular formula is C18H26ClN3O7S. The van der Waals surface area contributed by atoms with Crippen LogP contribution in [0.4, 0.5) is 9.93 Å². The lowest BCUT2D eigenvalue weighted by atomic mass is 10.1. The van der Waals surface area contributed by atoms with Gasteiger partial charge in [0.1, 0.15) is 21.2 Å². The van der Waals surface area contributed by atoms with Gasteiger partial charge < -0.3 is 19.4 Å². The number of nitrogens with one attached hydrogen (secondary N) is 1. The Hall–Kier alpha value is -2.40. The van der Waals surface area contributed by atoms with Gasteiger partial charge >= 0.3 is 18.0 Å². The summed E-state index contributed by atoms with van der Waals surface area (Å²) in [4.78, 5) is 44.9. The normalized spacial score (nSPS) is 12.9. The number of anilines is 1. The Morgan fingerprint density at radius 2 is 1.57 bits per heavy atom. The topological polar surface area (TPSA) is 136 Å². The van der Waals surface area contributed by atoms with Crippen LogP contribution in [0, 0.1) is 0 Å². The van der Waals surface area contributed by atoms with Crippen LogP contribution in [-0.4, -0.2) is 50.6 Å². The Kier molecular flexibility index (Phi) is 7.84. The van der Waals surface area contributed by atoms with E-state index >= 15 is 0 Å². The van der Waals surface area contributed by atoms with Crippen LogP contribution in [0.3, 0.4) is 0 Å². The molecule has 0 aliphatic heterocycles. The van der Waals surface area contributed by atoms with Gasteiger partial charge in [0.15, 0.2) is 5.13 Å². The summed E-state index contributed by atoms with van der Waals surface area (Å²) in [6.07, 6.45) is -0.782. The molecule has 1 rings (SSSR count). The Morgan fingerprint density at radius 3 is 2.03 bits per heavy atom. The average molecular weight is 464 g/mol. The predicted molar refractivity (Wildman–Crippen MR) is 112 cm³/mol. The van der Waals surface area contributed by atoms with Crippen molar-refractivity contribution in [2.24, 2.45) is 5.16 Å². The number of halogens is 1. The molecule has 0 spiro atoms. The summed E-state index contributed by atoms with van der Waals surface area (Å²) >= 11 is 6.89. The van der Waals surface area contributed by atoms with Crippen molar-refractivity contribution in [1.29, 1.82) is 0 Å². The van der Waals surface area contributed by atoms with E-state index in [1.165, 1.54) is 13.8 Å². The molecule has 1 heterocycles. The Morgan fingerprint density at radius 1 is 1.03 bits per heavy atom. The van der Waals surface area contributed by atoms with Gasteiger partial charge in [-0.15, -0.1) is 0 Å². The zero-order valence-electron chi connectivity index (χ0n) is 18.1. The molecule has 0 saturated heterocycles. The zero-order valence-corrected chi connectivity index (χ0v) is 19.6. The molecular weight excluding hydrogens is 438 g/mol. The van der Waals surface area contributed by atoms with E-state index in [0.29, 0.717) is 0 Å². The first-order valence-corrected chi connectivity index (χ1v) is 10.0. The second-order valence-electron chi connectivity index (χ2n) is 8.62. The van der Waals surface area contributed by atoms with Gasteiger partial charge in [-0.2, -0.15) is 0 Å². The number of carbonyl (C=O) groups excluding carboxylic acids is 2. The molecule has 0 atom stereocenters. The van der Waals surface area contributed by atoms with Crippen molar-refractivity contribution in [2.45, 2.75) is 72.2 Å². The minimum Gasteiger partial charge on any atom is -0.476 e. The summed E-state index contributed by atoms with van der Waals surface area (Å²) in [5.74, 6) is -2.23. The molecule has 0 aliphatic rings. The van der Waals surface area contributed by atoms with Gasteiger partial charge in [0, 0.05) is 0 Å². The number of oxime groups is 1. The fourth-order valence-electron chi connectivity index (χ4n) is 1.67. The fraction of sp³-hybridized carbons (Fsp3) is 0.611. The smallest absolute Gasteiger partial charge is 0.413 e.